The van der Waals surface area contributed by atoms with Crippen LogP contribution in [-0.4, -0.2) is 29.1 Å². The molecule has 1 aliphatic heterocycles. The van der Waals surface area contributed by atoms with Gasteiger partial charge >= 0.3 is 0 Å². The fraction of sp³-hybridized carbons (Fsp3) is 0.417. The van der Waals surface area contributed by atoms with Gasteiger partial charge in [0, 0.05) is 30.2 Å². The fourth-order valence-electron chi connectivity index (χ4n) is 4.08. The lowest BCUT2D eigenvalue weighted by Gasteiger charge is -2.19. The van der Waals surface area contributed by atoms with Gasteiger partial charge in [-0.05, 0) is 60.2 Å². The first-order valence-electron chi connectivity index (χ1n) is 9.93. The van der Waals surface area contributed by atoms with Gasteiger partial charge in [0.25, 0.3) is 0 Å². The fourth-order valence-corrected chi connectivity index (χ4v) is 4.08. The summed E-state index contributed by atoms with van der Waals surface area (Å²) in [5.41, 5.74) is 5.57. The van der Waals surface area contributed by atoms with Crippen LogP contribution in [0.5, 0.6) is 0 Å². The minimum Gasteiger partial charge on any atom is -0.346 e. The summed E-state index contributed by atoms with van der Waals surface area (Å²) in [7, 11) is 0. The molecule has 2 aromatic carbocycles. The molecule has 0 aliphatic carbocycles. The zero-order valence-electron chi connectivity index (χ0n) is 16.3. The standard InChI is InChI=1S/C24H30N2/c1-24(2,3)20-11-9-19(10-12-20)21-7-6-8-23-22(21)13-16-26(23)18-17-25-14-4-5-15-25/h6-13,16H,4-5,14-15,17-18H2,1-3H3. The second-order valence-electron chi connectivity index (χ2n) is 8.62. The van der Waals surface area contributed by atoms with E-state index in [4.69, 9.17) is 0 Å². The molecule has 0 saturated carbocycles. The number of nitrogens with zero attached hydrogens (tertiary/aromatic N) is 2. The Morgan fingerprint density at radius 1 is 0.846 bits per heavy atom. The molecule has 1 aliphatic rings. The van der Waals surface area contributed by atoms with Crippen molar-refractivity contribution < 1.29 is 0 Å². The summed E-state index contributed by atoms with van der Waals surface area (Å²) in [4.78, 5) is 2.58. The quantitative estimate of drug-likeness (QED) is 0.588. The molecule has 2 nitrogen and oxygen atoms in total. The molecule has 0 atom stereocenters. The highest BCUT2D eigenvalue weighted by molar-refractivity contribution is 5.95. The van der Waals surface area contributed by atoms with Crippen LogP contribution in [-0.2, 0) is 12.0 Å². The monoisotopic (exact) mass is 346 g/mol. The first-order valence-corrected chi connectivity index (χ1v) is 9.93. The first-order chi connectivity index (χ1) is 12.5. The predicted octanol–water partition coefficient (Wildman–Crippen LogP) is 5.70. The normalized spacial score (nSPS) is 15.8. The summed E-state index contributed by atoms with van der Waals surface area (Å²) in [6.07, 6.45) is 4.98. The van der Waals surface area contributed by atoms with E-state index < -0.39 is 0 Å². The average molecular weight is 347 g/mol. The van der Waals surface area contributed by atoms with Crippen molar-refractivity contribution in [3.63, 3.8) is 0 Å². The lowest BCUT2D eigenvalue weighted by Crippen LogP contribution is -2.23. The number of fused-ring (bicyclic) bond motifs is 1. The van der Waals surface area contributed by atoms with E-state index in [9.17, 15) is 0 Å². The largest absolute Gasteiger partial charge is 0.346 e. The SMILES string of the molecule is CC(C)(C)c1ccc(-c2cccc3c2ccn3CCN2CCCC2)cc1. The molecular formula is C24H30N2. The summed E-state index contributed by atoms with van der Waals surface area (Å²) in [6.45, 7) is 11.6. The maximum absolute atomic E-state index is 2.58. The van der Waals surface area contributed by atoms with Crippen LogP contribution in [0.15, 0.2) is 54.7 Å². The van der Waals surface area contributed by atoms with E-state index in [1.54, 1.807) is 0 Å². The number of hydrogen-bond acceptors (Lipinski definition) is 1. The molecule has 0 unspecified atom stereocenters. The van der Waals surface area contributed by atoms with Gasteiger partial charge in [0.2, 0.25) is 0 Å². The Kier molecular flexibility index (Phi) is 4.62. The lowest BCUT2D eigenvalue weighted by atomic mass is 9.86. The molecule has 2 heterocycles. The van der Waals surface area contributed by atoms with Crippen molar-refractivity contribution in [1.29, 1.82) is 0 Å². The van der Waals surface area contributed by atoms with Gasteiger partial charge in [0.1, 0.15) is 0 Å². The van der Waals surface area contributed by atoms with E-state index in [0.717, 1.165) is 13.1 Å². The topological polar surface area (TPSA) is 8.17 Å². The molecule has 0 spiro atoms. The molecule has 26 heavy (non-hydrogen) atoms. The number of aromatic nitrogens is 1. The molecule has 0 bridgehead atoms. The average Bonchev–Trinajstić information content (AvgIpc) is 3.28. The first kappa shape index (κ1) is 17.4. The zero-order chi connectivity index (χ0) is 18.1. The molecule has 0 N–H and O–H groups in total. The molecule has 1 aromatic heterocycles. The van der Waals surface area contributed by atoms with Crippen molar-refractivity contribution >= 4 is 10.9 Å². The van der Waals surface area contributed by atoms with Gasteiger partial charge in [-0.15, -0.1) is 0 Å². The molecule has 0 amide bonds. The molecular weight excluding hydrogens is 316 g/mol. The number of hydrogen-bond donors (Lipinski definition) is 0. The van der Waals surface area contributed by atoms with Crippen LogP contribution in [0.4, 0.5) is 0 Å². The summed E-state index contributed by atoms with van der Waals surface area (Å²) >= 11 is 0. The molecule has 2 heteroatoms. The molecule has 1 fully saturated rings. The smallest absolute Gasteiger partial charge is 0.0486 e. The van der Waals surface area contributed by atoms with Crippen molar-refractivity contribution in [2.24, 2.45) is 0 Å². The predicted molar refractivity (Wildman–Crippen MR) is 112 cm³/mol. The molecule has 0 radical (unpaired) electrons. The maximum atomic E-state index is 2.58. The van der Waals surface area contributed by atoms with E-state index in [2.05, 4.69) is 85.0 Å². The Morgan fingerprint density at radius 3 is 2.27 bits per heavy atom. The highest BCUT2D eigenvalue weighted by Gasteiger charge is 2.15. The van der Waals surface area contributed by atoms with Gasteiger partial charge in [0.05, 0.1) is 0 Å². The summed E-state index contributed by atoms with van der Waals surface area (Å²) in [6, 6.07) is 18.1. The Bertz CT molecular complexity index is 875. The van der Waals surface area contributed by atoms with E-state index in [1.165, 1.54) is 53.5 Å². The molecule has 4 rings (SSSR count). The zero-order valence-corrected chi connectivity index (χ0v) is 16.3. The minimum absolute atomic E-state index is 0.198. The highest BCUT2D eigenvalue weighted by atomic mass is 15.2. The highest BCUT2D eigenvalue weighted by Crippen LogP contribution is 2.31. The van der Waals surface area contributed by atoms with E-state index in [-0.39, 0.29) is 5.41 Å². The van der Waals surface area contributed by atoms with E-state index in [0.29, 0.717) is 0 Å². The Morgan fingerprint density at radius 2 is 1.58 bits per heavy atom. The molecule has 3 aromatic rings. The number of likely N-dealkylation sites (tertiary alicyclic amines) is 1. The minimum atomic E-state index is 0.198. The van der Waals surface area contributed by atoms with Crippen LogP contribution in [0.1, 0.15) is 39.2 Å². The van der Waals surface area contributed by atoms with Gasteiger partial charge in [-0.1, -0.05) is 57.2 Å². The third kappa shape index (κ3) is 3.43. The van der Waals surface area contributed by atoms with Gasteiger partial charge < -0.3 is 9.47 Å². The van der Waals surface area contributed by atoms with Crippen molar-refractivity contribution in [2.45, 2.75) is 45.6 Å². The van der Waals surface area contributed by atoms with Gasteiger partial charge in [0.15, 0.2) is 0 Å². The maximum Gasteiger partial charge on any atom is 0.0486 e. The van der Waals surface area contributed by atoms with Crippen LogP contribution in [0.3, 0.4) is 0 Å². The van der Waals surface area contributed by atoms with Crippen molar-refractivity contribution in [1.82, 2.24) is 9.47 Å². The molecule has 136 valence electrons. The number of benzene rings is 2. The Labute approximate surface area is 157 Å². The van der Waals surface area contributed by atoms with Crippen LogP contribution in [0.2, 0.25) is 0 Å². The van der Waals surface area contributed by atoms with Crippen LogP contribution in [0, 0.1) is 0 Å². The van der Waals surface area contributed by atoms with E-state index in [1.807, 2.05) is 0 Å². The Balaban J connectivity index is 1.62. The van der Waals surface area contributed by atoms with E-state index >= 15 is 0 Å². The third-order valence-corrected chi connectivity index (χ3v) is 5.73. The van der Waals surface area contributed by atoms with Crippen molar-refractivity contribution in [3.05, 3.63) is 60.3 Å². The summed E-state index contributed by atoms with van der Waals surface area (Å²) < 4.78 is 2.42. The van der Waals surface area contributed by atoms with Crippen LogP contribution in [0.25, 0.3) is 22.0 Å². The number of rotatable bonds is 4. The summed E-state index contributed by atoms with van der Waals surface area (Å²) in [5, 5.41) is 1.36. The van der Waals surface area contributed by atoms with Crippen LogP contribution >= 0.6 is 0 Å². The lowest BCUT2D eigenvalue weighted by molar-refractivity contribution is 0.324. The second-order valence-corrected chi connectivity index (χ2v) is 8.62. The summed E-state index contributed by atoms with van der Waals surface area (Å²) in [5.74, 6) is 0. The van der Waals surface area contributed by atoms with Crippen molar-refractivity contribution in [3.8, 4) is 11.1 Å². The Hall–Kier alpha value is -2.06. The second kappa shape index (κ2) is 6.92. The van der Waals surface area contributed by atoms with Crippen molar-refractivity contribution in [2.75, 3.05) is 19.6 Å². The molecule has 1 saturated heterocycles. The van der Waals surface area contributed by atoms with Gasteiger partial charge in [-0.3, -0.25) is 0 Å². The van der Waals surface area contributed by atoms with Gasteiger partial charge in [-0.25, -0.2) is 0 Å². The van der Waals surface area contributed by atoms with Crippen LogP contribution < -0.4 is 0 Å². The van der Waals surface area contributed by atoms with Gasteiger partial charge in [-0.2, -0.15) is 0 Å². The third-order valence-electron chi connectivity index (χ3n) is 5.73.